The Balaban J connectivity index is 1.51. The lowest BCUT2D eigenvalue weighted by Crippen LogP contribution is -2.41. The summed E-state index contributed by atoms with van der Waals surface area (Å²) in [7, 11) is 1.40. The molecule has 0 unspecified atom stereocenters. The summed E-state index contributed by atoms with van der Waals surface area (Å²) in [6.07, 6.45) is 3.28. The van der Waals surface area contributed by atoms with Gasteiger partial charge in [0.15, 0.2) is 5.13 Å². The van der Waals surface area contributed by atoms with E-state index >= 15 is 0 Å². The van der Waals surface area contributed by atoms with Crippen molar-refractivity contribution in [3.63, 3.8) is 0 Å². The Morgan fingerprint density at radius 2 is 2.16 bits per heavy atom. The molecule has 0 aromatic carbocycles. The Hall–Kier alpha value is -2.48. The third kappa shape index (κ3) is 4.54. The van der Waals surface area contributed by atoms with Crippen molar-refractivity contribution in [1.29, 1.82) is 0 Å². The summed E-state index contributed by atoms with van der Waals surface area (Å²) >= 11 is 1.45. The van der Waals surface area contributed by atoms with Crippen LogP contribution < -0.4 is 5.32 Å². The molecule has 1 N–H and O–H groups in total. The number of likely N-dealkylation sites (tertiary alicyclic amines) is 1. The number of piperidine rings is 1. The number of aromatic nitrogens is 2. The second-order valence-electron chi connectivity index (χ2n) is 5.84. The molecular formula is C17H20N4O3S. The highest BCUT2D eigenvalue weighted by atomic mass is 32.1. The predicted octanol–water partition coefficient (Wildman–Crippen LogP) is 2.24. The van der Waals surface area contributed by atoms with Crippen molar-refractivity contribution in [3.8, 4) is 0 Å². The van der Waals surface area contributed by atoms with Gasteiger partial charge >= 0.3 is 5.97 Å². The number of rotatable bonds is 5. The summed E-state index contributed by atoms with van der Waals surface area (Å²) in [6.45, 7) is 1.17. The van der Waals surface area contributed by atoms with E-state index in [1.807, 2.05) is 23.6 Å². The van der Waals surface area contributed by atoms with E-state index in [2.05, 4.69) is 15.3 Å². The molecule has 1 fully saturated rings. The Morgan fingerprint density at radius 3 is 2.84 bits per heavy atom. The molecule has 3 rings (SSSR count). The molecule has 25 heavy (non-hydrogen) atoms. The number of nitrogens with one attached hydrogen (secondary N) is 1. The number of methoxy groups -OCH3 is 1. The summed E-state index contributed by atoms with van der Waals surface area (Å²) in [5.41, 5.74) is 0.739. The molecule has 3 heterocycles. The molecule has 1 aliphatic heterocycles. The maximum Gasteiger partial charge on any atom is 0.308 e. The highest BCUT2D eigenvalue weighted by Gasteiger charge is 2.28. The second kappa shape index (κ2) is 8.06. The fourth-order valence-electron chi connectivity index (χ4n) is 2.79. The van der Waals surface area contributed by atoms with E-state index in [4.69, 9.17) is 4.74 Å². The molecule has 7 nitrogen and oxygen atoms in total. The molecule has 132 valence electrons. The van der Waals surface area contributed by atoms with Gasteiger partial charge in [-0.05, 0) is 25.0 Å². The first-order valence-corrected chi connectivity index (χ1v) is 9.01. The van der Waals surface area contributed by atoms with E-state index in [-0.39, 0.29) is 24.2 Å². The van der Waals surface area contributed by atoms with Crippen molar-refractivity contribution in [2.24, 2.45) is 5.92 Å². The number of carbonyl (C=O) groups is 2. The normalized spacial score (nSPS) is 15.0. The van der Waals surface area contributed by atoms with Crippen molar-refractivity contribution in [2.75, 3.05) is 25.5 Å². The second-order valence-corrected chi connectivity index (χ2v) is 6.70. The SMILES string of the molecule is COC(=O)C1CCN(C(=O)Cc2csc(Nc3ccccn3)n2)CC1. The van der Waals surface area contributed by atoms with Gasteiger partial charge in [0.05, 0.1) is 25.1 Å². The Morgan fingerprint density at radius 1 is 1.36 bits per heavy atom. The molecular weight excluding hydrogens is 340 g/mol. The summed E-state index contributed by atoms with van der Waals surface area (Å²) in [6, 6.07) is 5.60. The molecule has 0 bridgehead atoms. The number of hydrogen-bond donors (Lipinski definition) is 1. The van der Waals surface area contributed by atoms with Gasteiger partial charge in [-0.15, -0.1) is 11.3 Å². The average Bonchev–Trinajstić information content (AvgIpc) is 3.08. The summed E-state index contributed by atoms with van der Waals surface area (Å²) in [5, 5.41) is 5.71. The molecule has 0 atom stereocenters. The van der Waals surface area contributed by atoms with Crippen molar-refractivity contribution in [1.82, 2.24) is 14.9 Å². The van der Waals surface area contributed by atoms with Crippen LogP contribution in [-0.2, 0) is 20.7 Å². The lowest BCUT2D eigenvalue weighted by atomic mass is 9.97. The Labute approximate surface area is 150 Å². The summed E-state index contributed by atoms with van der Waals surface area (Å²) in [5.74, 6) is 0.483. The molecule has 1 amide bonds. The number of anilines is 2. The zero-order chi connectivity index (χ0) is 17.6. The number of nitrogens with zero attached hydrogens (tertiary/aromatic N) is 3. The molecule has 0 radical (unpaired) electrons. The van der Waals surface area contributed by atoms with Gasteiger partial charge in [-0.3, -0.25) is 9.59 Å². The minimum Gasteiger partial charge on any atom is -0.469 e. The minimum atomic E-state index is -0.183. The van der Waals surface area contributed by atoms with Crippen LogP contribution in [0.25, 0.3) is 0 Å². The summed E-state index contributed by atoms with van der Waals surface area (Å²) in [4.78, 5) is 34.4. The van der Waals surface area contributed by atoms with Crippen LogP contribution in [0.15, 0.2) is 29.8 Å². The molecule has 8 heteroatoms. The number of pyridine rings is 1. The molecule has 2 aromatic rings. The van der Waals surface area contributed by atoms with Gasteiger partial charge in [0, 0.05) is 24.7 Å². The van der Waals surface area contributed by atoms with Gasteiger partial charge in [-0.25, -0.2) is 9.97 Å². The van der Waals surface area contributed by atoms with Crippen LogP contribution in [-0.4, -0.2) is 46.9 Å². The minimum absolute atomic E-state index is 0.0398. The first kappa shape index (κ1) is 17.3. The van der Waals surface area contributed by atoms with Crippen LogP contribution in [0.3, 0.4) is 0 Å². The summed E-state index contributed by atoms with van der Waals surface area (Å²) < 4.78 is 4.77. The number of thiazole rings is 1. The third-order valence-corrected chi connectivity index (χ3v) is 4.97. The highest BCUT2D eigenvalue weighted by Crippen LogP contribution is 2.22. The fourth-order valence-corrected chi connectivity index (χ4v) is 3.51. The Kier molecular flexibility index (Phi) is 5.60. The van der Waals surface area contributed by atoms with Crippen LogP contribution in [0.4, 0.5) is 10.9 Å². The van der Waals surface area contributed by atoms with Gasteiger partial charge in [-0.2, -0.15) is 0 Å². The standard InChI is InChI=1S/C17H20N4O3S/c1-24-16(23)12-5-8-21(9-6-12)15(22)10-13-11-25-17(19-13)20-14-4-2-3-7-18-14/h2-4,7,11-12H,5-6,8-10H2,1H3,(H,18,19,20). The smallest absolute Gasteiger partial charge is 0.308 e. The lowest BCUT2D eigenvalue weighted by molar-refractivity contribution is -0.148. The first-order chi connectivity index (χ1) is 12.2. The average molecular weight is 360 g/mol. The Bertz CT molecular complexity index is 727. The van der Waals surface area contributed by atoms with E-state index in [1.54, 1.807) is 11.1 Å². The lowest BCUT2D eigenvalue weighted by Gasteiger charge is -2.30. The maximum absolute atomic E-state index is 12.4. The predicted molar refractivity (Wildman–Crippen MR) is 94.7 cm³/mol. The van der Waals surface area contributed by atoms with Crippen LogP contribution in [0.5, 0.6) is 0 Å². The van der Waals surface area contributed by atoms with Gasteiger partial charge in [0.2, 0.25) is 5.91 Å². The van der Waals surface area contributed by atoms with Crippen molar-refractivity contribution >= 4 is 34.2 Å². The van der Waals surface area contributed by atoms with Gasteiger partial charge in [0.1, 0.15) is 5.82 Å². The fraction of sp³-hybridized carbons (Fsp3) is 0.412. The first-order valence-electron chi connectivity index (χ1n) is 8.14. The molecule has 1 aliphatic rings. The molecule has 0 spiro atoms. The van der Waals surface area contributed by atoms with Gasteiger partial charge in [0.25, 0.3) is 0 Å². The van der Waals surface area contributed by atoms with Gasteiger partial charge < -0.3 is 15.0 Å². The zero-order valence-electron chi connectivity index (χ0n) is 14.0. The number of hydrogen-bond acceptors (Lipinski definition) is 7. The van der Waals surface area contributed by atoms with Crippen LogP contribution in [0, 0.1) is 5.92 Å². The van der Waals surface area contributed by atoms with E-state index in [1.165, 1.54) is 18.4 Å². The van der Waals surface area contributed by atoms with Gasteiger partial charge in [-0.1, -0.05) is 6.07 Å². The van der Waals surface area contributed by atoms with Crippen LogP contribution >= 0.6 is 11.3 Å². The largest absolute Gasteiger partial charge is 0.469 e. The molecule has 1 saturated heterocycles. The van der Waals surface area contributed by atoms with E-state index in [9.17, 15) is 9.59 Å². The molecule has 0 aliphatic carbocycles. The van der Waals surface area contributed by atoms with Crippen molar-refractivity contribution in [2.45, 2.75) is 19.3 Å². The van der Waals surface area contributed by atoms with E-state index in [0.29, 0.717) is 31.1 Å². The quantitative estimate of drug-likeness (QED) is 0.823. The third-order valence-electron chi connectivity index (χ3n) is 4.17. The molecule has 2 aromatic heterocycles. The topological polar surface area (TPSA) is 84.4 Å². The number of ether oxygens (including phenoxy) is 1. The maximum atomic E-state index is 12.4. The van der Waals surface area contributed by atoms with Crippen LogP contribution in [0.1, 0.15) is 18.5 Å². The molecule has 0 saturated carbocycles. The van der Waals surface area contributed by atoms with Crippen molar-refractivity contribution < 1.29 is 14.3 Å². The zero-order valence-corrected chi connectivity index (χ0v) is 14.8. The number of amides is 1. The van der Waals surface area contributed by atoms with E-state index < -0.39 is 0 Å². The monoisotopic (exact) mass is 360 g/mol. The number of carbonyl (C=O) groups excluding carboxylic acids is 2. The van der Waals surface area contributed by atoms with E-state index in [0.717, 1.165) is 11.5 Å². The number of esters is 1. The van der Waals surface area contributed by atoms with Crippen molar-refractivity contribution in [3.05, 3.63) is 35.5 Å². The highest BCUT2D eigenvalue weighted by molar-refractivity contribution is 7.13. The van der Waals surface area contributed by atoms with Crippen LogP contribution in [0.2, 0.25) is 0 Å².